The zero-order valence-corrected chi connectivity index (χ0v) is 15.0. The van der Waals surface area contributed by atoms with Gasteiger partial charge in [-0.1, -0.05) is 24.3 Å². The fourth-order valence-corrected chi connectivity index (χ4v) is 2.94. The number of hydrogen-bond donors (Lipinski definition) is 1. The van der Waals surface area contributed by atoms with E-state index in [4.69, 9.17) is 4.42 Å². The van der Waals surface area contributed by atoms with E-state index in [9.17, 15) is 9.18 Å². The largest absolute Gasteiger partial charge is 0.451 e. The van der Waals surface area contributed by atoms with Crippen molar-refractivity contribution in [3.05, 3.63) is 90.5 Å². The van der Waals surface area contributed by atoms with Crippen molar-refractivity contribution in [1.82, 2.24) is 9.97 Å². The Kier molecular flexibility index (Phi) is 4.68. The molecule has 2 aromatic carbocycles. The summed E-state index contributed by atoms with van der Waals surface area (Å²) in [6.07, 6.45) is 5.40. The Hall–Kier alpha value is -3.80. The van der Waals surface area contributed by atoms with Crippen LogP contribution in [0, 0.1) is 12.7 Å². The number of rotatable bonds is 4. The Morgan fingerprint density at radius 1 is 1.07 bits per heavy atom. The lowest BCUT2D eigenvalue weighted by molar-refractivity contribution is 0.102. The number of nitrogens with zero attached hydrogens (tertiary/aromatic N) is 2. The average molecular weight is 373 g/mol. The van der Waals surface area contributed by atoms with E-state index in [1.807, 2.05) is 37.3 Å². The van der Waals surface area contributed by atoms with Crippen molar-refractivity contribution in [2.75, 3.05) is 5.32 Å². The zero-order valence-electron chi connectivity index (χ0n) is 15.0. The third kappa shape index (κ3) is 3.53. The number of carbonyl (C=O) groups is 1. The van der Waals surface area contributed by atoms with Gasteiger partial charge in [-0.3, -0.25) is 9.78 Å². The number of oxazole rings is 1. The molecule has 0 spiro atoms. The average Bonchev–Trinajstić information content (AvgIpc) is 3.24. The minimum Gasteiger partial charge on any atom is -0.451 e. The van der Waals surface area contributed by atoms with Gasteiger partial charge >= 0.3 is 0 Å². The molecule has 4 aromatic rings. The second-order valence-electron chi connectivity index (χ2n) is 6.29. The van der Waals surface area contributed by atoms with E-state index >= 15 is 0 Å². The van der Waals surface area contributed by atoms with Gasteiger partial charge in [0.05, 0.1) is 11.8 Å². The molecule has 6 heteroatoms. The molecule has 0 saturated carbocycles. The monoisotopic (exact) mass is 373 g/mol. The number of halogens is 1. The number of aryl methyl sites for hydroxylation is 1. The molecule has 4 rings (SSSR count). The summed E-state index contributed by atoms with van der Waals surface area (Å²) in [5, 5.41) is 2.70. The van der Waals surface area contributed by atoms with E-state index in [0.29, 0.717) is 5.69 Å². The van der Waals surface area contributed by atoms with E-state index in [1.54, 1.807) is 18.4 Å². The lowest BCUT2D eigenvalue weighted by Gasteiger charge is -2.10. The highest BCUT2D eigenvalue weighted by atomic mass is 19.1. The number of carbonyl (C=O) groups excluding carboxylic acids is 1. The Balaban J connectivity index is 1.58. The van der Waals surface area contributed by atoms with Crippen LogP contribution in [0.1, 0.15) is 15.9 Å². The highest BCUT2D eigenvalue weighted by Gasteiger charge is 2.12. The molecule has 138 valence electrons. The van der Waals surface area contributed by atoms with Gasteiger partial charge in [0.15, 0.2) is 12.2 Å². The maximum Gasteiger partial charge on any atom is 0.258 e. The number of benzene rings is 2. The van der Waals surface area contributed by atoms with Crippen molar-refractivity contribution < 1.29 is 13.6 Å². The van der Waals surface area contributed by atoms with Gasteiger partial charge in [-0.2, -0.15) is 0 Å². The number of anilines is 1. The molecule has 0 atom stereocenters. The molecular formula is C22H16FN3O2. The summed E-state index contributed by atoms with van der Waals surface area (Å²) in [5.74, 6) is -1.17. The van der Waals surface area contributed by atoms with Crippen molar-refractivity contribution in [2.45, 2.75) is 6.92 Å². The highest BCUT2D eigenvalue weighted by molar-refractivity contribution is 6.04. The summed E-state index contributed by atoms with van der Waals surface area (Å²) < 4.78 is 18.8. The number of aromatic nitrogens is 2. The van der Waals surface area contributed by atoms with Crippen molar-refractivity contribution in [1.29, 1.82) is 0 Å². The van der Waals surface area contributed by atoms with Crippen LogP contribution in [-0.4, -0.2) is 15.9 Å². The maximum atomic E-state index is 13.7. The van der Waals surface area contributed by atoms with E-state index in [-0.39, 0.29) is 5.56 Å². The molecule has 1 N–H and O–H groups in total. The predicted octanol–water partition coefficient (Wildman–Crippen LogP) is 5.10. The van der Waals surface area contributed by atoms with Crippen molar-refractivity contribution in [2.24, 2.45) is 0 Å². The van der Waals surface area contributed by atoms with Crippen LogP contribution in [-0.2, 0) is 0 Å². The zero-order chi connectivity index (χ0) is 19.5. The summed E-state index contributed by atoms with van der Waals surface area (Å²) in [6.45, 7) is 2.03. The van der Waals surface area contributed by atoms with Gasteiger partial charge in [0, 0.05) is 17.4 Å². The molecule has 0 fully saturated rings. The van der Waals surface area contributed by atoms with Crippen LogP contribution >= 0.6 is 0 Å². The SMILES string of the molecule is Cc1ccc(-c2cocn2)cc1-c1ccc(NC(=O)c2ccncc2F)cc1. The summed E-state index contributed by atoms with van der Waals surface area (Å²) in [5.41, 5.74) is 5.42. The first kappa shape index (κ1) is 17.6. The first-order chi connectivity index (χ1) is 13.6. The fraction of sp³-hybridized carbons (Fsp3) is 0.0455. The summed E-state index contributed by atoms with van der Waals surface area (Å²) in [7, 11) is 0. The Morgan fingerprint density at radius 3 is 2.57 bits per heavy atom. The maximum absolute atomic E-state index is 13.7. The molecule has 0 bridgehead atoms. The molecule has 0 unspecified atom stereocenters. The third-order valence-electron chi connectivity index (χ3n) is 4.44. The van der Waals surface area contributed by atoms with Crippen molar-refractivity contribution >= 4 is 11.6 Å². The molecule has 0 aliphatic carbocycles. The molecule has 0 aliphatic rings. The van der Waals surface area contributed by atoms with Crippen LogP contribution in [0.15, 0.2) is 78.0 Å². The molecule has 28 heavy (non-hydrogen) atoms. The second kappa shape index (κ2) is 7.44. The van der Waals surface area contributed by atoms with Crippen LogP contribution in [0.3, 0.4) is 0 Å². The molecule has 0 saturated heterocycles. The molecular weight excluding hydrogens is 357 g/mol. The van der Waals surface area contributed by atoms with Gasteiger partial charge in [0.2, 0.25) is 0 Å². The smallest absolute Gasteiger partial charge is 0.258 e. The number of amides is 1. The van der Waals surface area contributed by atoms with Gasteiger partial charge in [-0.05, 0) is 47.9 Å². The second-order valence-corrected chi connectivity index (χ2v) is 6.29. The first-order valence-corrected chi connectivity index (χ1v) is 8.62. The summed E-state index contributed by atoms with van der Waals surface area (Å²) >= 11 is 0. The minimum atomic E-state index is -0.656. The third-order valence-corrected chi connectivity index (χ3v) is 4.44. The summed E-state index contributed by atoms with van der Waals surface area (Å²) in [6, 6.07) is 14.8. The molecule has 0 radical (unpaired) electrons. The number of nitrogens with one attached hydrogen (secondary N) is 1. The Labute approximate surface area is 160 Å². The molecule has 2 heterocycles. The van der Waals surface area contributed by atoms with Crippen LogP contribution in [0.2, 0.25) is 0 Å². The highest BCUT2D eigenvalue weighted by Crippen LogP contribution is 2.29. The molecule has 5 nitrogen and oxygen atoms in total. The standard InChI is InChI=1S/C22H16FN3O2/c1-14-2-3-16(21-12-28-13-25-21)10-19(14)15-4-6-17(7-5-15)26-22(27)18-8-9-24-11-20(18)23/h2-13H,1H3,(H,26,27). The van der Waals surface area contributed by atoms with E-state index in [0.717, 1.165) is 34.1 Å². The minimum absolute atomic E-state index is 0.0461. The van der Waals surface area contributed by atoms with E-state index in [1.165, 1.54) is 18.7 Å². The van der Waals surface area contributed by atoms with Crippen molar-refractivity contribution in [3.8, 4) is 22.4 Å². The van der Waals surface area contributed by atoms with Gasteiger partial charge in [-0.15, -0.1) is 0 Å². The quantitative estimate of drug-likeness (QED) is 0.540. The van der Waals surface area contributed by atoms with Crippen LogP contribution in [0.5, 0.6) is 0 Å². The summed E-state index contributed by atoms with van der Waals surface area (Å²) in [4.78, 5) is 20.1. The topological polar surface area (TPSA) is 68.0 Å². The lowest BCUT2D eigenvalue weighted by atomic mass is 9.97. The Bertz CT molecular complexity index is 1120. The first-order valence-electron chi connectivity index (χ1n) is 8.62. The van der Waals surface area contributed by atoms with Crippen LogP contribution < -0.4 is 5.32 Å². The van der Waals surface area contributed by atoms with E-state index in [2.05, 4.69) is 15.3 Å². The number of pyridine rings is 1. The van der Waals surface area contributed by atoms with E-state index < -0.39 is 11.7 Å². The predicted molar refractivity (Wildman–Crippen MR) is 104 cm³/mol. The Morgan fingerprint density at radius 2 is 1.86 bits per heavy atom. The van der Waals surface area contributed by atoms with Gasteiger partial charge in [0.25, 0.3) is 5.91 Å². The van der Waals surface area contributed by atoms with Crippen molar-refractivity contribution in [3.63, 3.8) is 0 Å². The molecule has 1 amide bonds. The number of hydrogen-bond acceptors (Lipinski definition) is 4. The fourth-order valence-electron chi connectivity index (χ4n) is 2.94. The molecule has 2 aromatic heterocycles. The van der Waals surface area contributed by atoms with Gasteiger partial charge < -0.3 is 9.73 Å². The lowest BCUT2D eigenvalue weighted by Crippen LogP contribution is -2.13. The van der Waals surface area contributed by atoms with Gasteiger partial charge in [-0.25, -0.2) is 9.37 Å². The normalized spacial score (nSPS) is 10.6. The van der Waals surface area contributed by atoms with Gasteiger partial charge in [0.1, 0.15) is 12.0 Å². The molecule has 0 aliphatic heterocycles. The van der Waals surface area contributed by atoms with Crippen LogP contribution in [0.4, 0.5) is 10.1 Å². The van der Waals surface area contributed by atoms with Crippen LogP contribution in [0.25, 0.3) is 22.4 Å².